The number of aldehydes is 1. The van der Waals surface area contributed by atoms with Gasteiger partial charge in [0.05, 0.1) is 11.3 Å². The van der Waals surface area contributed by atoms with Crippen LogP contribution < -0.4 is 5.73 Å². The van der Waals surface area contributed by atoms with Gasteiger partial charge in [0.2, 0.25) is 22.7 Å². The largest absolute Gasteiger partial charge is 0.469 e. The number of allylic oxidation sites excluding steroid dienone is 1. The van der Waals surface area contributed by atoms with Gasteiger partial charge in [0, 0.05) is 0 Å². The Kier molecular flexibility index (Phi) is 7.22. The van der Waals surface area contributed by atoms with Crippen LogP contribution in [0.1, 0.15) is 29.7 Å². The highest BCUT2D eigenvalue weighted by Crippen LogP contribution is 2.31. The first kappa shape index (κ1) is 21.5. The van der Waals surface area contributed by atoms with Gasteiger partial charge in [0.1, 0.15) is 6.10 Å². The third-order valence-corrected chi connectivity index (χ3v) is 4.58. The quantitative estimate of drug-likeness (QED) is 0.402. The van der Waals surface area contributed by atoms with Crippen LogP contribution >= 0.6 is 0 Å². The fourth-order valence-corrected chi connectivity index (χ4v) is 3.09. The van der Waals surface area contributed by atoms with Crippen LogP contribution in [-0.2, 0) is 36.7 Å². The molecule has 0 bridgehead atoms. The molecule has 2 atom stereocenters. The van der Waals surface area contributed by atoms with E-state index in [0.29, 0.717) is 0 Å². The lowest BCUT2D eigenvalue weighted by molar-refractivity contribution is -0.137. The molecule has 0 radical (unpaired) electrons. The second-order valence-corrected chi connectivity index (χ2v) is 6.81. The molecule has 0 amide bonds. The van der Waals surface area contributed by atoms with Crippen LogP contribution in [-0.4, -0.2) is 10.5 Å². The third kappa shape index (κ3) is 6.12. The van der Waals surface area contributed by atoms with Crippen LogP contribution in [0.5, 0.6) is 0 Å². The van der Waals surface area contributed by atoms with Crippen molar-refractivity contribution >= 4 is 17.4 Å². The monoisotopic (exact) mass is 413 g/mol. The molecule has 0 saturated heterocycles. The predicted octanol–water partition coefficient (Wildman–Crippen LogP) is 3.99. The second-order valence-electron chi connectivity index (χ2n) is 5.75. The molecule has 2 aromatic rings. The van der Waals surface area contributed by atoms with Crippen molar-refractivity contribution in [2.24, 2.45) is 5.73 Å². The SMILES string of the molecule is CC(O/C(N)=C(\C=O)OS(=O)Cc1ccccc1)c1cccc(C(F)(F)F)c1. The molecule has 2 N–H and O–H groups in total. The van der Waals surface area contributed by atoms with Gasteiger partial charge >= 0.3 is 6.18 Å². The van der Waals surface area contributed by atoms with Gasteiger partial charge in [-0.3, -0.25) is 4.79 Å². The maximum atomic E-state index is 12.8. The fourth-order valence-electron chi connectivity index (χ4n) is 2.24. The van der Waals surface area contributed by atoms with Gasteiger partial charge in [0.25, 0.3) is 0 Å². The number of ether oxygens (including phenoxy) is 1. The molecule has 0 spiro atoms. The average molecular weight is 413 g/mol. The lowest BCUT2D eigenvalue weighted by Crippen LogP contribution is -2.14. The molecule has 28 heavy (non-hydrogen) atoms. The molecule has 0 heterocycles. The Balaban J connectivity index is 2.08. The zero-order valence-corrected chi connectivity index (χ0v) is 15.6. The van der Waals surface area contributed by atoms with Crippen LogP contribution in [0, 0.1) is 0 Å². The molecule has 0 aliphatic carbocycles. The number of alkyl halides is 3. The summed E-state index contributed by atoms with van der Waals surface area (Å²) in [5.41, 5.74) is 5.77. The van der Waals surface area contributed by atoms with Crippen LogP contribution in [0.2, 0.25) is 0 Å². The molecule has 2 unspecified atom stereocenters. The summed E-state index contributed by atoms with van der Waals surface area (Å²) >= 11 is -1.89. The Labute approximate surface area is 162 Å². The lowest BCUT2D eigenvalue weighted by Gasteiger charge is -2.17. The van der Waals surface area contributed by atoms with Gasteiger partial charge in [-0.15, -0.1) is 0 Å². The summed E-state index contributed by atoms with van der Waals surface area (Å²) in [6.45, 7) is 1.46. The molecule has 5 nitrogen and oxygen atoms in total. The molecule has 2 aromatic carbocycles. The number of hydrogen-bond acceptors (Lipinski definition) is 5. The van der Waals surface area contributed by atoms with Gasteiger partial charge in [-0.05, 0) is 30.2 Å². The molecular formula is C19H18F3NO4S. The third-order valence-electron chi connectivity index (χ3n) is 3.65. The second kappa shape index (κ2) is 9.41. The van der Waals surface area contributed by atoms with E-state index in [1.807, 2.05) is 0 Å². The van der Waals surface area contributed by atoms with Crippen molar-refractivity contribution in [3.05, 3.63) is 82.9 Å². The summed E-state index contributed by atoms with van der Waals surface area (Å²) < 4.78 is 60.9. The minimum absolute atomic E-state index is 0.0225. The number of carbonyl (C=O) groups is 1. The number of halogens is 3. The fraction of sp³-hybridized carbons (Fsp3) is 0.211. The standard InChI is InChI=1S/C19H18F3NO4S/c1-13(15-8-5-9-16(10-15)19(20,21)22)26-18(23)17(11-24)27-28(25)12-14-6-3-2-4-7-14/h2-11,13H,12,23H2,1H3/b18-17+. The van der Waals surface area contributed by atoms with Crippen molar-refractivity contribution in [3.8, 4) is 0 Å². The molecule has 0 aromatic heterocycles. The van der Waals surface area contributed by atoms with Crippen molar-refractivity contribution in [1.29, 1.82) is 0 Å². The van der Waals surface area contributed by atoms with Gasteiger partial charge in [-0.1, -0.05) is 42.5 Å². The normalized spacial score (nSPS) is 14.6. The Bertz CT molecular complexity index is 869. The first-order valence-electron chi connectivity index (χ1n) is 8.10. The molecular weight excluding hydrogens is 395 g/mol. The van der Waals surface area contributed by atoms with Crippen LogP contribution in [0.15, 0.2) is 66.2 Å². The first-order valence-corrected chi connectivity index (χ1v) is 9.34. The molecule has 0 fully saturated rings. The number of rotatable bonds is 8. The van der Waals surface area contributed by atoms with E-state index < -0.39 is 40.6 Å². The molecule has 0 aliphatic heterocycles. The van der Waals surface area contributed by atoms with Crippen molar-refractivity contribution in [2.45, 2.75) is 25.0 Å². The maximum absolute atomic E-state index is 12.8. The van der Waals surface area contributed by atoms with Gasteiger partial charge in [0.15, 0.2) is 6.29 Å². The Morgan fingerprint density at radius 3 is 2.46 bits per heavy atom. The van der Waals surface area contributed by atoms with Crippen LogP contribution in [0.4, 0.5) is 13.2 Å². The number of hydrogen-bond donors (Lipinski definition) is 1. The summed E-state index contributed by atoms with van der Waals surface area (Å²) in [5, 5.41) is 0. The maximum Gasteiger partial charge on any atom is 0.416 e. The number of nitrogens with two attached hydrogens (primary N) is 1. The zero-order valence-electron chi connectivity index (χ0n) is 14.8. The smallest absolute Gasteiger partial charge is 0.416 e. The molecule has 150 valence electrons. The summed E-state index contributed by atoms with van der Waals surface area (Å²) in [6.07, 6.45) is -5.16. The predicted molar refractivity (Wildman–Crippen MR) is 97.6 cm³/mol. The minimum Gasteiger partial charge on any atom is -0.469 e. The van der Waals surface area contributed by atoms with E-state index >= 15 is 0 Å². The summed E-state index contributed by atoms with van der Waals surface area (Å²) in [6, 6.07) is 13.3. The Morgan fingerprint density at radius 1 is 1.18 bits per heavy atom. The molecule has 2 rings (SSSR count). The van der Waals surface area contributed by atoms with Crippen LogP contribution in [0.25, 0.3) is 0 Å². The highest BCUT2D eigenvalue weighted by Gasteiger charge is 2.31. The van der Waals surface area contributed by atoms with E-state index in [4.69, 9.17) is 14.7 Å². The summed E-state index contributed by atoms with van der Waals surface area (Å²) in [7, 11) is 0. The van der Waals surface area contributed by atoms with Gasteiger partial charge in [-0.2, -0.15) is 13.2 Å². The lowest BCUT2D eigenvalue weighted by atomic mass is 10.1. The van der Waals surface area contributed by atoms with E-state index in [0.717, 1.165) is 17.7 Å². The van der Waals surface area contributed by atoms with Gasteiger partial charge in [-0.25, -0.2) is 4.21 Å². The summed E-state index contributed by atoms with van der Waals surface area (Å²) in [5.74, 6) is -0.941. The molecule has 0 aliphatic rings. The first-order chi connectivity index (χ1) is 13.2. The van der Waals surface area contributed by atoms with Gasteiger partial charge < -0.3 is 14.7 Å². The van der Waals surface area contributed by atoms with E-state index in [1.165, 1.54) is 19.1 Å². The van der Waals surface area contributed by atoms with E-state index in [9.17, 15) is 22.2 Å². The van der Waals surface area contributed by atoms with E-state index in [2.05, 4.69) is 0 Å². The minimum atomic E-state index is -4.50. The molecule has 9 heteroatoms. The van der Waals surface area contributed by atoms with Crippen LogP contribution in [0.3, 0.4) is 0 Å². The highest BCUT2D eigenvalue weighted by atomic mass is 32.2. The zero-order chi connectivity index (χ0) is 20.7. The highest BCUT2D eigenvalue weighted by molar-refractivity contribution is 7.79. The van der Waals surface area contributed by atoms with Crippen molar-refractivity contribution < 1.29 is 31.1 Å². The number of carbonyl (C=O) groups excluding carboxylic acids is 1. The molecule has 0 saturated carbocycles. The van der Waals surface area contributed by atoms with E-state index in [1.54, 1.807) is 30.3 Å². The average Bonchev–Trinajstić information content (AvgIpc) is 2.66. The van der Waals surface area contributed by atoms with Crippen molar-refractivity contribution in [1.82, 2.24) is 0 Å². The number of benzene rings is 2. The summed E-state index contributed by atoms with van der Waals surface area (Å²) in [4.78, 5) is 11.2. The van der Waals surface area contributed by atoms with E-state index in [-0.39, 0.29) is 17.6 Å². The topological polar surface area (TPSA) is 78.6 Å². The van der Waals surface area contributed by atoms with Crippen molar-refractivity contribution in [3.63, 3.8) is 0 Å². The Morgan fingerprint density at radius 2 is 1.86 bits per heavy atom. The Hall–Kier alpha value is -2.81. The van der Waals surface area contributed by atoms with Crippen molar-refractivity contribution in [2.75, 3.05) is 0 Å².